The van der Waals surface area contributed by atoms with E-state index in [1.165, 1.54) is 15.8 Å². The van der Waals surface area contributed by atoms with Gasteiger partial charge in [-0.1, -0.05) is 6.92 Å². The van der Waals surface area contributed by atoms with Gasteiger partial charge in [-0.2, -0.15) is 0 Å². The second-order valence-electron chi connectivity index (χ2n) is 5.97. The maximum atomic E-state index is 5.92. The molecule has 2 aromatic rings. The monoisotopic (exact) mass is 305 g/mol. The summed E-state index contributed by atoms with van der Waals surface area (Å²) in [6, 6.07) is 0. The molecule has 0 aromatic carbocycles. The summed E-state index contributed by atoms with van der Waals surface area (Å²) in [5.74, 6) is 1.79. The molecule has 0 bridgehead atoms. The van der Waals surface area contributed by atoms with E-state index >= 15 is 0 Å². The Bertz CT molecular complexity index is 659. The quantitative estimate of drug-likeness (QED) is 0.921. The lowest BCUT2D eigenvalue weighted by molar-refractivity contribution is 0.00976. The molecule has 0 amide bonds. The topological polar surface area (TPSA) is 47.0 Å². The number of aryl methyl sites for hydroxylation is 2. The van der Waals surface area contributed by atoms with Gasteiger partial charge in [0.15, 0.2) is 5.82 Å². The molecule has 0 aliphatic carbocycles. The Morgan fingerprint density at radius 3 is 2.81 bits per heavy atom. The van der Waals surface area contributed by atoms with Gasteiger partial charge in [0.25, 0.3) is 0 Å². The van der Waals surface area contributed by atoms with Crippen molar-refractivity contribution in [1.29, 1.82) is 0 Å². The Labute approximate surface area is 129 Å². The summed E-state index contributed by atoms with van der Waals surface area (Å²) >= 11 is 1.75. The number of anilines is 1. The fraction of sp³-hybridized carbons (Fsp3) is 0.625. The minimum atomic E-state index is -0.331. The van der Waals surface area contributed by atoms with E-state index in [2.05, 4.69) is 33.0 Å². The van der Waals surface area contributed by atoms with E-state index in [-0.39, 0.29) is 5.60 Å². The van der Waals surface area contributed by atoms with Crippen molar-refractivity contribution in [3.05, 3.63) is 16.3 Å². The number of rotatable bonds is 4. The highest BCUT2D eigenvalue weighted by atomic mass is 32.1. The van der Waals surface area contributed by atoms with Crippen LogP contribution in [0.3, 0.4) is 0 Å². The summed E-state index contributed by atoms with van der Waals surface area (Å²) in [5, 5.41) is 4.65. The fourth-order valence-corrected chi connectivity index (χ4v) is 3.84. The zero-order valence-corrected chi connectivity index (χ0v) is 14.1. The van der Waals surface area contributed by atoms with Crippen molar-refractivity contribution in [1.82, 2.24) is 9.97 Å². The van der Waals surface area contributed by atoms with Crippen molar-refractivity contribution in [2.75, 3.05) is 18.5 Å². The number of nitrogens with zero attached hydrogens (tertiary/aromatic N) is 2. The first-order valence-electron chi connectivity index (χ1n) is 7.71. The first-order valence-corrected chi connectivity index (χ1v) is 8.53. The smallest absolute Gasteiger partial charge is 0.163 e. The van der Waals surface area contributed by atoms with E-state index in [4.69, 9.17) is 14.7 Å². The Hall–Kier alpha value is -1.20. The number of ether oxygens (including phenoxy) is 1. The van der Waals surface area contributed by atoms with Crippen LogP contribution in [-0.2, 0) is 10.3 Å². The molecule has 4 nitrogen and oxygen atoms in total. The molecule has 2 aromatic heterocycles. The van der Waals surface area contributed by atoms with Crippen LogP contribution in [0.2, 0.25) is 0 Å². The molecule has 21 heavy (non-hydrogen) atoms. The predicted molar refractivity (Wildman–Crippen MR) is 88.2 cm³/mol. The van der Waals surface area contributed by atoms with Gasteiger partial charge in [-0.05, 0) is 45.6 Å². The summed E-state index contributed by atoms with van der Waals surface area (Å²) in [7, 11) is 0. The van der Waals surface area contributed by atoms with Crippen molar-refractivity contribution in [2.45, 2.75) is 52.6 Å². The number of thiophene rings is 1. The summed E-state index contributed by atoms with van der Waals surface area (Å²) in [5.41, 5.74) is 0.959. The summed E-state index contributed by atoms with van der Waals surface area (Å²) < 4.78 is 5.92. The van der Waals surface area contributed by atoms with Crippen LogP contribution in [0.4, 0.5) is 5.82 Å². The van der Waals surface area contributed by atoms with Crippen LogP contribution in [0.5, 0.6) is 0 Å². The van der Waals surface area contributed by atoms with Crippen LogP contribution < -0.4 is 5.32 Å². The molecule has 3 heterocycles. The van der Waals surface area contributed by atoms with Gasteiger partial charge in [0.1, 0.15) is 16.2 Å². The summed E-state index contributed by atoms with van der Waals surface area (Å²) in [6.07, 6.45) is 3.16. The fourth-order valence-electron chi connectivity index (χ4n) is 2.81. The van der Waals surface area contributed by atoms with Crippen molar-refractivity contribution in [3.8, 4) is 0 Å². The van der Waals surface area contributed by atoms with Gasteiger partial charge in [-0.3, -0.25) is 0 Å². The van der Waals surface area contributed by atoms with Gasteiger partial charge in [0.2, 0.25) is 0 Å². The molecule has 1 fully saturated rings. The second kappa shape index (κ2) is 5.54. The summed E-state index contributed by atoms with van der Waals surface area (Å²) in [6.45, 7) is 10.3. The first-order chi connectivity index (χ1) is 10.0. The molecule has 1 aliphatic rings. The Morgan fingerprint density at radius 1 is 1.33 bits per heavy atom. The molecule has 0 radical (unpaired) electrons. The molecule has 1 unspecified atom stereocenters. The minimum Gasteiger partial charge on any atom is -0.369 e. The molecule has 3 rings (SSSR count). The SMILES string of the molecule is CCCNc1nc(C2(C)CCCO2)nc2sc(C)c(C)c12. The Balaban J connectivity index is 2.15. The lowest BCUT2D eigenvalue weighted by Crippen LogP contribution is -2.24. The van der Waals surface area contributed by atoms with E-state index in [1.54, 1.807) is 11.3 Å². The number of aromatic nitrogens is 2. The molecular formula is C16H23N3OS. The molecule has 1 N–H and O–H groups in total. The molecule has 1 saturated heterocycles. The lowest BCUT2D eigenvalue weighted by atomic mass is 10.0. The van der Waals surface area contributed by atoms with Crippen molar-refractivity contribution < 1.29 is 4.74 Å². The molecule has 0 spiro atoms. The molecule has 5 heteroatoms. The van der Waals surface area contributed by atoms with Crippen LogP contribution >= 0.6 is 11.3 Å². The van der Waals surface area contributed by atoms with Gasteiger partial charge in [0, 0.05) is 18.0 Å². The zero-order chi connectivity index (χ0) is 15.0. The van der Waals surface area contributed by atoms with Gasteiger partial charge < -0.3 is 10.1 Å². The van der Waals surface area contributed by atoms with Crippen molar-refractivity contribution in [3.63, 3.8) is 0 Å². The maximum absolute atomic E-state index is 5.92. The molecule has 0 saturated carbocycles. The van der Waals surface area contributed by atoms with Crippen LogP contribution in [0, 0.1) is 13.8 Å². The second-order valence-corrected chi connectivity index (χ2v) is 7.17. The average molecular weight is 305 g/mol. The van der Waals surface area contributed by atoms with Gasteiger partial charge in [-0.25, -0.2) is 9.97 Å². The third-order valence-electron chi connectivity index (χ3n) is 4.26. The number of hydrogen-bond acceptors (Lipinski definition) is 5. The average Bonchev–Trinajstić information content (AvgIpc) is 3.02. The van der Waals surface area contributed by atoms with Crippen molar-refractivity contribution >= 4 is 27.4 Å². The van der Waals surface area contributed by atoms with Gasteiger partial charge in [-0.15, -0.1) is 11.3 Å². The van der Waals surface area contributed by atoms with E-state index in [9.17, 15) is 0 Å². The normalized spacial score (nSPS) is 22.1. The standard InChI is InChI=1S/C16H23N3OS/c1-5-8-17-13-12-10(2)11(3)21-14(12)19-15(18-13)16(4)7-6-9-20-16/h5-9H2,1-4H3,(H,17,18,19). The maximum Gasteiger partial charge on any atom is 0.163 e. The van der Waals surface area contributed by atoms with E-state index in [0.717, 1.165) is 48.9 Å². The lowest BCUT2D eigenvalue weighted by Gasteiger charge is -2.22. The number of nitrogens with one attached hydrogen (secondary N) is 1. The number of hydrogen-bond donors (Lipinski definition) is 1. The van der Waals surface area contributed by atoms with Crippen LogP contribution in [0.1, 0.15) is 49.4 Å². The Kier molecular flexibility index (Phi) is 3.88. The largest absolute Gasteiger partial charge is 0.369 e. The first kappa shape index (κ1) is 14.7. The van der Waals surface area contributed by atoms with Crippen LogP contribution in [-0.4, -0.2) is 23.1 Å². The molecular weight excluding hydrogens is 282 g/mol. The van der Waals surface area contributed by atoms with E-state index in [0.29, 0.717) is 0 Å². The van der Waals surface area contributed by atoms with E-state index < -0.39 is 0 Å². The molecule has 114 valence electrons. The third-order valence-corrected chi connectivity index (χ3v) is 5.36. The highest BCUT2D eigenvalue weighted by Crippen LogP contribution is 2.38. The number of fused-ring (bicyclic) bond motifs is 1. The van der Waals surface area contributed by atoms with Gasteiger partial charge in [0.05, 0.1) is 5.39 Å². The highest BCUT2D eigenvalue weighted by Gasteiger charge is 2.35. The zero-order valence-electron chi connectivity index (χ0n) is 13.2. The summed E-state index contributed by atoms with van der Waals surface area (Å²) in [4.78, 5) is 12.0. The molecule has 1 atom stereocenters. The van der Waals surface area contributed by atoms with Crippen LogP contribution in [0.25, 0.3) is 10.2 Å². The third kappa shape index (κ3) is 2.53. The Morgan fingerprint density at radius 2 is 2.14 bits per heavy atom. The minimum absolute atomic E-state index is 0.331. The molecule has 1 aliphatic heterocycles. The van der Waals surface area contributed by atoms with E-state index in [1.807, 2.05) is 0 Å². The van der Waals surface area contributed by atoms with Crippen LogP contribution in [0.15, 0.2) is 0 Å². The van der Waals surface area contributed by atoms with Crippen molar-refractivity contribution in [2.24, 2.45) is 0 Å². The van der Waals surface area contributed by atoms with Gasteiger partial charge >= 0.3 is 0 Å². The highest BCUT2D eigenvalue weighted by molar-refractivity contribution is 7.18. The predicted octanol–water partition coefficient (Wildman–Crippen LogP) is 4.16.